The van der Waals surface area contributed by atoms with E-state index in [1.165, 1.54) is 44.1 Å². The van der Waals surface area contributed by atoms with E-state index in [0.29, 0.717) is 23.6 Å². The summed E-state index contributed by atoms with van der Waals surface area (Å²) in [6.07, 6.45) is 4.81. The monoisotopic (exact) mass is 358 g/mol. The molecule has 2 N–H and O–H groups in total. The van der Waals surface area contributed by atoms with Gasteiger partial charge in [0, 0.05) is 24.1 Å². The van der Waals surface area contributed by atoms with E-state index in [-0.39, 0.29) is 17.5 Å². The maximum atomic E-state index is 12.4. The molecule has 1 fully saturated rings. The number of piperidine rings is 1. The predicted octanol–water partition coefficient (Wildman–Crippen LogP) is 3.84. The van der Waals surface area contributed by atoms with Gasteiger partial charge in [-0.3, -0.25) is 4.79 Å². The van der Waals surface area contributed by atoms with E-state index in [1.807, 2.05) is 6.92 Å². The van der Waals surface area contributed by atoms with Crippen molar-refractivity contribution in [1.29, 1.82) is 0 Å². The number of rotatable bonds is 7. The summed E-state index contributed by atoms with van der Waals surface area (Å²) < 4.78 is 5.66. The molecule has 0 saturated carbocycles. The highest BCUT2D eigenvalue weighted by molar-refractivity contribution is 8.14. The lowest BCUT2D eigenvalue weighted by molar-refractivity contribution is 0.108. The fourth-order valence-electron chi connectivity index (χ4n) is 2.57. The molecular formula is C17H27ClN2O2S. The number of nitrogens with two attached hydrogens (primary N) is 1. The van der Waals surface area contributed by atoms with Gasteiger partial charge in [0.25, 0.3) is 0 Å². The second kappa shape index (κ2) is 10.8. The van der Waals surface area contributed by atoms with E-state index in [0.717, 1.165) is 18.7 Å². The molecule has 130 valence electrons. The van der Waals surface area contributed by atoms with Crippen LogP contribution in [0.3, 0.4) is 0 Å². The Labute approximate surface area is 149 Å². The van der Waals surface area contributed by atoms with Crippen LogP contribution in [-0.4, -0.2) is 42.0 Å². The van der Waals surface area contributed by atoms with Crippen LogP contribution in [0.1, 0.15) is 43.0 Å². The van der Waals surface area contributed by atoms with E-state index in [4.69, 9.17) is 10.5 Å². The van der Waals surface area contributed by atoms with Crippen molar-refractivity contribution in [1.82, 2.24) is 4.90 Å². The van der Waals surface area contributed by atoms with E-state index < -0.39 is 0 Å². The SMILES string of the molecule is CCCOc1cc(N)ccc1C(=O)SCCN1CCCCC1.Cl. The summed E-state index contributed by atoms with van der Waals surface area (Å²) in [5.41, 5.74) is 7.05. The third kappa shape index (κ3) is 6.61. The van der Waals surface area contributed by atoms with Crippen molar-refractivity contribution in [2.45, 2.75) is 32.6 Å². The van der Waals surface area contributed by atoms with Crippen LogP contribution in [0.15, 0.2) is 18.2 Å². The first kappa shape index (κ1) is 20.1. The summed E-state index contributed by atoms with van der Waals surface area (Å²) >= 11 is 1.38. The van der Waals surface area contributed by atoms with Crippen LogP contribution < -0.4 is 10.5 Å². The minimum atomic E-state index is 0. The lowest BCUT2D eigenvalue weighted by Gasteiger charge is -2.25. The molecule has 0 radical (unpaired) electrons. The first-order chi connectivity index (χ1) is 10.7. The third-order valence-corrected chi connectivity index (χ3v) is 4.65. The normalized spacial score (nSPS) is 15.0. The number of thioether (sulfide) groups is 1. The summed E-state index contributed by atoms with van der Waals surface area (Å²) in [6, 6.07) is 5.28. The maximum absolute atomic E-state index is 12.4. The number of halogens is 1. The molecule has 0 amide bonds. The zero-order valence-corrected chi connectivity index (χ0v) is 15.4. The number of carbonyl (C=O) groups excluding carboxylic acids is 1. The molecule has 0 atom stereocenters. The molecule has 23 heavy (non-hydrogen) atoms. The molecular weight excluding hydrogens is 332 g/mol. The quantitative estimate of drug-likeness (QED) is 0.750. The molecule has 6 heteroatoms. The lowest BCUT2D eigenvalue weighted by Crippen LogP contribution is -2.31. The second-order valence-corrected chi connectivity index (χ2v) is 6.71. The van der Waals surface area contributed by atoms with E-state index in [2.05, 4.69) is 4.90 Å². The molecule has 1 aromatic carbocycles. The average molecular weight is 359 g/mol. The van der Waals surface area contributed by atoms with E-state index >= 15 is 0 Å². The number of nitrogen functional groups attached to an aromatic ring is 1. The standard InChI is InChI=1S/C17H26N2O2S.ClH/c1-2-11-21-16-13-14(18)6-7-15(16)17(20)22-12-10-19-8-4-3-5-9-19;/h6-7,13H,2-5,8-12,18H2,1H3;1H. The van der Waals surface area contributed by atoms with Crippen LogP contribution in [-0.2, 0) is 0 Å². The fraction of sp³-hybridized carbons (Fsp3) is 0.588. The highest BCUT2D eigenvalue weighted by atomic mass is 35.5. The number of likely N-dealkylation sites (tertiary alicyclic amines) is 1. The van der Waals surface area contributed by atoms with Crippen molar-refractivity contribution in [2.75, 3.05) is 37.7 Å². The van der Waals surface area contributed by atoms with Crippen molar-refractivity contribution >= 4 is 35.0 Å². The van der Waals surface area contributed by atoms with Crippen molar-refractivity contribution < 1.29 is 9.53 Å². The predicted molar refractivity (Wildman–Crippen MR) is 101 cm³/mol. The van der Waals surface area contributed by atoms with Gasteiger partial charge < -0.3 is 15.4 Å². The molecule has 1 aromatic rings. The first-order valence-electron chi connectivity index (χ1n) is 8.12. The molecule has 2 rings (SSSR count). The Hall–Kier alpha value is -0.910. The lowest BCUT2D eigenvalue weighted by atomic mass is 10.1. The summed E-state index contributed by atoms with van der Waals surface area (Å²) in [6.45, 7) is 5.96. The minimum Gasteiger partial charge on any atom is -0.493 e. The molecule has 1 heterocycles. The summed E-state index contributed by atoms with van der Waals surface area (Å²) in [4.78, 5) is 14.9. The van der Waals surface area contributed by atoms with Crippen LogP contribution in [0.25, 0.3) is 0 Å². The smallest absolute Gasteiger partial charge is 0.223 e. The molecule has 1 saturated heterocycles. The molecule has 0 spiro atoms. The van der Waals surface area contributed by atoms with Crippen LogP contribution in [0.4, 0.5) is 5.69 Å². The average Bonchev–Trinajstić information content (AvgIpc) is 2.54. The molecule has 0 unspecified atom stereocenters. The molecule has 1 aliphatic heterocycles. The second-order valence-electron chi connectivity index (χ2n) is 5.64. The topological polar surface area (TPSA) is 55.6 Å². The number of carbonyl (C=O) groups is 1. The van der Waals surface area contributed by atoms with Gasteiger partial charge in [-0.25, -0.2) is 0 Å². The summed E-state index contributed by atoms with van der Waals surface area (Å²) in [7, 11) is 0. The summed E-state index contributed by atoms with van der Waals surface area (Å²) in [5.74, 6) is 1.44. The number of benzene rings is 1. The largest absolute Gasteiger partial charge is 0.493 e. The number of nitrogens with zero attached hydrogens (tertiary/aromatic N) is 1. The minimum absolute atomic E-state index is 0. The number of anilines is 1. The highest BCUT2D eigenvalue weighted by Gasteiger charge is 2.15. The highest BCUT2D eigenvalue weighted by Crippen LogP contribution is 2.26. The van der Waals surface area contributed by atoms with Gasteiger partial charge in [0.15, 0.2) is 0 Å². The first-order valence-corrected chi connectivity index (χ1v) is 9.11. The molecule has 0 aromatic heterocycles. The van der Waals surface area contributed by atoms with Gasteiger partial charge in [-0.15, -0.1) is 12.4 Å². The molecule has 0 aliphatic carbocycles. The summed E-state index contributed by atoms with van der Waals surface area (Å²) in [5, 5.41) is 0.0723. The van der Waals surface area contributed by atoms with Crippen LogP contribution >= 0.6 is 24.2 Å². The van der Waals surface area contributed by atoms with Crippen molar-refractivity contribution in [3.63, 3.8) is 0 Å². The Balaban J connectivity index is 0.00000264. The van der Waals surface area contributed by atoms with E-state index in [1.54, 1.807) is 18.2 Å². The van der Waals surface area contributed by atoms with Crippen molar-refractivity contribution in [3.05, 3.63) is 23.8 Å². The Morgan fingerprint density at radius 3 is 2.74 bits per heavy atom. The van der Waals surface area contributed by atoms with Gasteiger partial charge in [-0.05, 0) is 44.5 Å². The molecule has 4 nitrogen and oxygen atoms in total. The van der Waals surface area contributed by atoms with Crippen molar-refractivity contribution in [2.24, 2.45) is 0 Å². The third-order valence-electron chi connectivity index (χ3n) is 3.78. The number of ether oxygens (including phenoxy) is 1. The van der Waals surface area contributed by atoms with Gasteiger partial charge in [0.05, 0.1) is 12.2 Å². The number of hydrogen-bond donors (Lipinski definition) is 1. The van der Waals surface area contributed by atoms with Crippen LogP contribution in [0.2, 0.25) is 0 Å². The Morgan fingerprint density at radius 1 is 1.30 bits per heavy atom. The van der Waals surface area contributed by atoms with Gasteiger partial charge in [-0.2, -0.15) is 0 Å². The Morgan fingerprint density at radius 2 is 2.04 bits per heavy atom. The van der Waals surface area contributed by atoms with Crippen LogP contribution in [0.5, 0.6) is 5.75 Å². The van der Waals surface area contributed by atoms with E-state index in [9.17, 15) is 4.79 Å². The fourth-order valence-corrected chi connectivity index (χ4v) is 3.43. The zero-order chi connectivity index (χ0) is 15.8. The van der Waals surface area contributed by atoms with Gasteiger partial charge in [0.2, 0.25) is 5.12 Å². The number of hydrogen-bond acceptors (Lipinski definition) is 5. The Bertz CT molecular complexity index is 493. The van der Waals surface area contributed by atoms with Gasteiger partial charge >= 0.3 is 0 Å². The van der Waals surface area contributed by atoms with Crippen LogP contribution in [0, 0.1) is 0 Å². The van der Waals surface area contributed by atoms with Gasteiger partial charge in [0.1, 0.15) is 5.75 Å². The van der Waals surface area contributed by atoms with Gasteiger partial charge in [-0.1, -0.05) is 25.1 Å². The molecule has 1 aliphatic rings. The van der Waals surface area contributed by atoms with Crippen molar-refractivity contribution in [3.8, 4) is 5.75 Å². The zero-order valence-electron chi connectivity index (χ0n) is 13.8. The molecule has 0 bridgehead atoms. The maximum Gasteiger partial charge on any atom is 0.223 e. The Kier molecular flexibility index (Phi) is 9.44.